The first-order valence-corrected chi connectivity index (χ1v) is 8.00. The largest absolute Gasteiger partial charge is 0.489 e. The van der Waals surface area contributed by atoms with Crippen molar-refractivity contribution in [2.24, 2.45) is 5.92 Å². The second-order valence-corrected chi connectivity index (χ2v) is 6.19. The molecule has 1 aromatic rings. The molecule has 0 heterocycles. The lowest BCUT2D eigenvalue weighted by molar-refractivity contribution is 0.216. The normalized spacial score (nSPS) is 14.3. The maximum Gasteiger partial charge on any atom is 0.119 e. The highest BCUT2D eigenvalue weighted by Crippen LogP contribution is 2.21. The van der Waals surface area contributed by atoms with Crippen LogP contribution < -0.4 is 10.1 Å². The van der Waals surface area contributed by atoms with Gasteiger partial charge in [0.2, 0.25) is 0 Å². The zero-order chi connectivity index (χ0) is 15.0. The molecule has 2 atom stereocenters. The second kappa shape index (κ2) is 9.02. The summed E-state index contributed by atoms with van der Waals surface area (Å²) in [4.78, 5) is 0. The molecular formula is C18H31NO. The van der Waals surface area contributed by atoms with Gasteiger partial charge in [-0.3, -0.25) is 0 Å². The average Bonchev–Trinajstić information content (AvgIpc) is 2.43. The molecule has 0 radical (unpaired) electrons. The summed E-state index contributed by atoms with van der Waals surface area (Å²) in [6.07, 6.45) is 2.60. The van der Waals surface area contributed by atoms with Gasteiger partial charge in [0.15, 0.2) is 0 Å². The maximum absolute atomic E-state index is 5.93. The van der Waals surface area contributed by atoms with E-state index in [1.54, 1.807) is 0 Å². The van der Waals surface area contributed by atoms with Crippen molar-refractivity contribution >= 4 is 0 Å². The molecule has 0 aliphatic rings. The number of hydrogen-bond acceptors (Lipinski definition) is 2. The Balaban J connectivity index is 2.32. The summed E-state index contributed by atoms with van der Waals surface area (Å²) in [6.45, 7) is 13.1. The molecule has 0 fully saturated rings. The van der Waals surface area contributed by atoms with Gasteiger partial charge in [-0.25, -0.2) is 0 Å². The minimum Gasteiger partial charge on any atom is -0.489 e. The molecule has 1 aromatic carbocycles. The number of benzene rings is 1. The monoisotopic (exact) mass is 277 g/mol. The summed E-state index contributed by atoms with van der Waals surface area (Å²) in [6, 6.07) is 8.54. The van der Waals surface area contributed by atoms with Crippen LogP contribution in [0.1, 0.15) is 58.9 Å². The quantitative estimate of drug-likeness (QED) is 0.666. The molecule has 0 amide bonds. The molecule has 0 aliphatic carbocycles. The summed E-state index contributed by atoms with van der Waals surface area (Å²) in [5.41, 5.74) is 1.39. The van der Waals surface area contributed by atoms with Gasteiger partial charge >= 0.3 is 0 Å². The van der Waals surface area contributed by atoms with Gasteiger partial charge < -0.3 is 10.1 Å². The topological polar surface area (TPSA) is 21.3 Å². The second-order valence-electron chi connectivity index (χ2n) is 6.19. The van der Waals surface area contributed by atoms with Crippen LogP contribution >= 0.6 is 0 Å². The van der Waals surface area contributed by atoms with Gasteiger partial charge in [0.25, 0.3) is 0 Å². The molecule has 20 heavy (non-hydrogen) atoms. The maximum atomic E-state index is 5.93. The van der Waals surface area contributed by atoms with E-state index in [4.69, 9.17) is 4.74 Å². The van der Waals surface area contributed by atoms with E-state index in [2.05, 4.69) is 64.2 Å². The minimum absolute atomic E-state index is 0.205. The lowest BCUT2D eigenvalue weighted by atomic mass is 9.99. The molecule has 0 aliphatic heterocycles. The van der Waals surface area contributed by atoms with Crippen LogP contribution in [-0.4, -0.2) is 19.2 Å². The van der Waals surface area contributed by atoms with Crippen molar-refractivity contribution in [3.8, 4) is 5.75 Å². The van der Waals surface area contributed by atoms with E-state index in [1.807, 2.05) is 0 Å². The van der Waals surface area contributed by atoms with Gasteiger partial charge in [-0.2, -0.15) is 0 Å². The fraction of sp³-hybridized carbons (Fsp3) is 0.667. The van der Waals surface area contributed by atoms with E-state index in [0.29, 0.717) is 5.92 Å². The number of hydrogen-bond donors (Lipinski definition) is 1. The van der Waals surface area contributed by atoms with E-state index in [9.17, 15) is 0 Å². The minimum atomic E-state index is 0.205. The Hall–Kier alpha value is -1.02. The van der Waals surface area contributed by atoms with Crippen LogP contribution in [0.4, 0.5) is 0 Å². The molecule has 0 aromatic heterocycles. The Morgan fingerprint density at radius 3 is 2.25 bits per heavy atom. The first-order chi connectivity index (χ1) is 9.52. The molecule has 0 bridgehead atoms. The highest BCUT2D eigenvalue weighted by atomic mass is 16.5. The SMILES string of the molecule is CCC(C)c1ccc(OC(C)CNCCC(C)C)cc1. The lowest BCUT2D eigenvalue weighted by Crippen LogP contribution is -2.30. The van der Waals surface area contributed by atoms with Crippen LogP contribution in [0.15, 0.2) is 24.3 Å². The highest BCUT2D eigenvalue weighted by molar-refractivity contribution is 5.29. The molecule has 0 spiro atoms. The van der Waals surface area contributed by atoms with Gasteiger partial charge in [-0.05, 0) is 55.8 Å². The van der Waals surface area contributed by atoms with Crippen molar-refractivity contribution in [2.75, 3.05) is 13.1 Å². The van der Waals surface area contributed by atoms with Crippen LogP contribution in [0.3, 0.4) is 0 Å². The first-order valence-electron chi connectivity index (χ1n) is 8.00. The number of nitrogens with one attached hydrogen (secondary N) is 1. The highest BCUT2D eigenvalue weighted by Gasteiger charge is 2.06. The zero-order valence-corrected chi connectivity index (χ0v) is 13.8. The summed E-state index contributed by atoms with van der Waals surface area (Å²) >= 11 is 0. The van der Waals surface area contributed by atoms with Crippen LogP contribution in [-0.2, 0) is 0 Å². The van der Waals surface area contributed by atoms with Crippen LogP contribution in [0.25, 0.3) is 0 Å². The Morgan fingerprint density at radius 2 is 1.70 bits per heavy atom. The van der Waals surface area contributed by atoms with E-state index in [0.717, 1.165) is 24.8 Å². The van der Waals surface area contributed by atoms with Crippen molar-refractivity contribution in [1.82, 2.24) is 5.32 Å². The average molecular weight is 277 g/mol. The van der Waals surface area contributed by atoms with Gasteiger partial charge in [-0.1, -0.05) is 39.8 Å². The standard InChI is InChI=1S/C18H31NO/c1-6-15(4)17-7-9-18(10-8-17)20-16(5)13-19-12-11-14(2)3/h7-10,14-16,19H,6,11-13H2,1-5H3. The Morgan fingerprint density at radius 1 is 1.05 bits per heavy atom. The van der Waals surface area contributed by atoms with Crippen LogP contribution in [0.2, 0.25) is 0 Å². The molecule has 2 unspecified atom stereocenters. The Bertz CT molecular complexity index is 358. The first kappa shape index (κ1) is 17.0. The van der Waals surface area contributed by atoms with Gasteiger partial charge in [0.05, 0.1) is 0 Å². The zero-order valence-electron chi connectivity index (χ0n) is 13.8. The molecular weight excluding hydrogens is 246 g/mol. The molecule has 2 nitrogen and oxygen atoms in total. The molecule has 1 rings (SSSR count). The summed E-state index contributed by atoms with van der Waals surface area (Å²) in [5, 5.41) is 3.45. The third-order valence-electron chi connectivity index (χ3n) is 3.73. The molecule has 114 valence electrons. The van der Waals surface area contributed by atoms with Crippen molar-refractivity contribution < 1.29 is 4.74 Å². The van der Waals surface area contributed by atoms with Gasteiger partial charge in [-0.15, -0.1) is 0 Å². The summed E-state index contributed by atoms with van der Waals surface area (Å²) < 4.78 is 5.93. The lowest BCUT2D eigenvalue weighted by Gasteiger charge is -2.17. The Labute approximate surface area is 124 Å². The molecule has 2 heteroatoms. The fourth-order valence-corrected chi connectivity index (χ4v) is 2.08. The fourth-order valence-electron chi connectivity index (χ4n) is 2.08. The third-order valence-corrected chi connectivity index (χ3v) is 3.73. The Kier molecular flexibility index (Phi) is 7.68. The molecule has 0 saturated carbocycles. The predicted molar refractivity (Wildman–Crippen MR) is 87.6 cm³/mol. The molecule has 0 saturated heterocycles. The molecule has 1 N–H and O–H groups in total. The van der Waals surface area contributed by atoms with Gasteiger partial charge in [0, 0.05) is 6.54 Å². The number of ether oxygens (including phenoxy) is 1. The van der Waals surface area contributed by atoms with E-state index in [-0.39, 0.29) is 6.10 Å². The summed E-state index contributed by atoms with van der Waals surface area (Å²) in [5.74, 6) is 2.35. The summed E-state index contributed by atoms with van der Waals surface area (Å²) in [7, 11) is 0. The third kappa shape index (κ3) is 6.42. The van der Waals surface area contributed by atoms with Crippen LogP contribution in [0.5, 0.6) is 5.75 Å². The smallest absolute Gasteiger partial charge is 0.119 e. The predicted octanol–water partition coefficient (Wildman–Crippen LogP) is 4.60. The van der Waals surface area contributed by atoms with E-state index < -0.39 is 0 Å². The van der Waals surface area contributed by atoms with E-state index in [1.165, 1.54) is 18.4 Å². The van der Waals surface area contributed by atoms with Crippen molar-refractivity contribution in [2.45, 2.75) is 59.5 Å². The van der Waals surface area contributed by atoms with Gasteiger partial charge in [0.1, 0.15) is 11.9 Å². The van der Waals surface area contributed by atoms with Crippen molar-refractivity contribution in [3.05, 3.63) is 29.8 Å². The number of rotatable bonds is 9. The van der Waals surface area contributed by atoms with Crippen molar-refractivity contribution in [1.29, 1.82) is 0 Å². The van der Waals surface area contributed by atoms with Crippen molar-refractivity contribution in [3.63, 3.8) is 0 Å². The van der Waals surface area contributed by atoms with E-state index >= 15 is 0 Å². The van der Waals surface area contributed by atoms with Crippen LogP contribution in [0, 0.1) is 5.92 Å².